The van der Waals surface area contributed by atoms with Crippen molar-refractivity contribution in [2.24, 2.45) is 0 Å². The van der Waals surface area contributed by atoms with Gasteiger partial charge in [0.1, 0.15) is 5.75 Å². The van der Waals surface area contributed by atoms with E-state index in [2.05, 4.69) is 14.9 Å². The number of aromatic nitrogens is 2. The Bertz CT molecular complexity index is 586. The molecule has 5 nitrogen and oxygen atoms in total. The molecular weight excluding hydrogens is 244 g/mol. The zero-order valence-electron chi connectivity index (χ0n) is 9.23. The third kappa shape index (κ3) is 2.01. The van der Waals surface area contributed by atoms with Crippen molar-refractivity contribution in [1.29, 1.82) is 0 Å². The Balaban J connectivity index is 2.68. The second kappa shape index (κ2) is 4.55. The molecule has 1 aromatic heterocycles. The van der Waals surface area contributed by atoms with E-state index in [1.165, 1.54) is 7.11 Å². The van der Waals surface area contributed by atoms with E-state index >= 15 is 0 Å². The third-order valence-electron chi connectivity index (χ3n) is 2.28. The second-order valence-electron chi connectivity index (χ2n) is 3.24. The molecule has 0 aliphatic carbocycles. The van der Waals surface area contributed by atoms with Crippen LogP contribution in [0.3, 0.4) is 0 Å². The first-order valence-electron chi connectivity index (χ1n) is 4.75. The van der Waals surface area contributed by atoms with Crippen LogP contribution in [0.25, 0.3) is 10.9 Å². The van der Waals surface area contributed by atoms with Crippen molar-refractivity contribution in [2.45, 2.75) is 0 Å². The van der Waals surface area contributed by atoms with Gasteiger partial charge in [-0.1, -0.05) is 11.6 Å². The van der Waals surface area contributed by atoms with Crippen LogP contribution >= 0.6 is 11.6 Å². The average molecular weight is 253 g/mol. The van der Waals surface area contributed by atoms with Gasteiger partial charge < -0.3 is 9.47 Å². The second-order valence-corrected chi connectivity index (χ2v) is 3.62. The highest BCUT2D eigenvalue weighted by Crippen LogP contribution is 2.27. The van der Waals surface area contributed by atoms with E-state index in [1.54, 1.807) is 25.3 Å². The first-order valence-corrected chi connectivity index (χ1v) is 5.13. The number of hydrogen-bond acceptors (Lipinski definition) is 5. The monoisotopic (exact) mass is 252 g/mol. The maximum absolute atomic E-state index is 11.4. The largest absolute Gasteiger partial charge is 0.497 e. The number of nitrogens with zero attached hydrogens (tertiary/aromatic N) is 2. The normalized spacial score (nSPS) is 10.3. The zero-order chi connectivity index (χ0) is 12.4. The number of rotatable bonds is 2. The summed E-state index contributed by atoms with van der Waals surface area (Å²) < 4.78 is 9.65. The minimum atomic E-state index is -0.618. The molecule has 0 atom stereocenters. The lowest BCUT2D eigenvalue weighted by molar-refractivity contribution is 0.0593. The van der Waals surface area contributed by atoms with Crippen LogP contribution in [0, 0.1) is 0 Å². The molecule has 0 bridgehead atoms. The van der Waals surface area contributed by atoms with Gasteiger partial charge >= 0.3 is 5.97 Å². The van der Waals surface area contributed by atoms with Crippen molar-refractivity contribution in [2.75, 3.05) is 14.2 Å². The van der Waals surface area contributed by atoms with Crippen LogP contribution in [0.15, 0.2) is 18.2 Å². The van der Waals surface area contributed by atoms with Gasteiger partial charge in [-0.25, -0.2) is 4.79 Å². The molecule has 2 rings (SSSR count). The molecule has 0 saturated carbocycles. The number of fused-ring (bicyclic) bond motifs is 1. The van der Waals surface area contributed by atoms with Crippen molar-refractivity contribution in [3.8, 4) is 5.75 Å². The van der Waals surface area contributed by atoms with E-state index in [1.807, 2.05) is 0 Å². The van der Waals surface area contributed by atoms with Gasteiger partial charge in [-0.15, -0.1) is 10.2 Å². The molecule has 6 heteroatoms. The van der Waals surface area contributed by atoms with Crippen LogP contribution in [-0.2, 0) is 4.74 Å². The molecule has 1 aromatic carbocycles. The fourth-order valence-electron chi connectivity index (χ4n) is 1.41. The molecule has 1 heterocycles. The summed E-state index contributed by atoms with van der Waals surface area (Å²) >= 11 is 6.09. The van der Waals surface area contributed by atoms with Gasteiger partial charge in [-0.05, 0) is 18.2 Å². The standard InChI is InChI=1S/C11H9ClN2O3/c1-16-6-3-4-8-7(5-6)9(12)10(14-13-8)11(15)17-2/h3-5H,1-2H3. The van der Waals surface area contributed by atoms with Crippen LogP contribution in [0.5, 0.6) is 5.75 Å². The number of carbonyl (C=O) groups is 1. The Kier molecular flexibility index (Phi) is 3.10. The fourth-order valence-corrected chi connectivity index (χ4v) is 1.67. The predicted molar refractivity (Wildman–Crippen MR) is 62.4 cm³/mol. The topological polar surface area (TPSA) is 61.3 Å². The number of carbonyl (C=O) groups excluding carboxylic acids is 1. The first kappa shape index (κ1) is 11.6. The Morgan fingerprint density at radius 3 is 2.71 bits per heavy atom. The van der Waals surface area contributed by atoms with Crippen molar-refractivity contribution in [3.05, 3.63) is 28.9 Å². The van der Waals surface area contributed by atoms with Gasteiger partial charge in [0.15, 0.2) is 5.69 Å². The van der Waals surface area contributed by atoms with Gasteiger partial charge in [0.05, 0.1) is 24.8 Å². The van der Waals surface area contributed by atoms with Crippen molar-refractivity contribution in [3.63, 3.8) is 0 Å². The molecule has 0 unspecified atom stereocenters. The Morgan fingerprint density at radius 1 is 1.29 bits per heavy atom. The molecule has 88 valence electrons. The molecule has 0 saturated heterocycles. The highest BCUT2D eigenvalue weighted by atomic mass is 35.5. The lowest BCUT2D eigenvalue weighted by Crippen LogP contribution is -2.07. The van der Waals surface area contributed by atoms with Crippen molar-refractivity contribution >= 4 is 28.5 Å². The Morgan fingerprint density at radius 2 is 2.06 bits per heavy atom. The van der Waals surface area contributed by atoms with Crippen LogP contribution in [0.1, 0.15) is 10.5 Å². The van der Waals surface area contributed by atoms with Crippen molar-refractivity contribution < 1.29 is 14.3 Å². The maximum atomic E-state index is 11.4. The minimum absolute atomic E-state index is 0.00470. The SMILES string of the molecule is COC(=O)c1nnc2ccc(OC)cc2c1Cl. The number of halogens is 1. The van der Waals surface area contributed by atoms with Gasteiger partial charge in [0.25, 0.3) is 0 Å². The molecule has 0 fully saturated rings. The molecule has 0 aliphatic heterocycles. The van der Waals surface area contributed by atoms with Crippen LogP contribution in [0.2, 0.25) is 5.02 Å². The van der Waals surface area contributed by atoms with E-state index < -0.39 is 5.97 Å². The molecule has 17 heavy (non-hydrogen) atoms. The summed E-state index contributed by atoms with van der Waals surface area (Å²) in [6, 6.07) is 5.15. The van der Waals surface area contributed by atoms with E-state index in [9.17, 15) is 4.79 Å². The summed E-state index contributed by atoms with van der Waals surface area (Å²) in [5.41, 5.74) is 0.582. The highest BCUT2D eigenvalue weighted by molar-refractivity contribution is 6.37. The Hall–Kier alpha value is -1.88. The smallest absolute Gasteiger partial charge is 0.360 e. The number of ether oxygens (including phenoxy) is 2. The fraction of sp³-hybridized carbons (Fsp3) is 0.182. The number of methoxy groups -OCH3 is 2. The van der Waals surface area contributed by atoms with Crippen LogP contribution < -0.4 is 4.74 Å². The van der Waals surface area contributed by atoms with Gasteiger partial charge in [-0.3, -0.25) is 0 Å². The van der Waals surface area contributed by atoms with E-state index in [0.29, 0.717) is 16.7 Å². The number of hydrogen-bond donors (Lipinski definition) is 0. The molecule has 0 N–H and O–H groups in total. The lowest BCUT2D eigenvalue weighted by atomic mass is 10.2. The third-order valence-corrected chi connectivity index (χ3v) is 2.67. The molecule has 0 aliphatic rings. The predicted octanol–water partition coefficient (Wildman–Crippen LogP) is 2.08. The number of benzene rings is 1. The first-order chi connectivity index (χ1) is 8.17. The van der Waals surface area contributed by atoms with Gasteiger partial charge in [-0.2, -0.15) is 0 Å². The molecule has 2 aromatic rings. The van der Waals surface area contributed by atoms with E-state index in [-0.39, 0.29) is 10.7 Å². The lowest BCUT2D eigenvalue weighted by Gasteiger charge is -2.05. The summed E-state index contributed by atoms with van der Waals surface area (Å²) in [4.78, 5) is 11.4. The summed E-state index contributed by atoms with van der Waals surface area (Å²) in [5, 5.41) is 8.44. The summed E-state index contributed by atoms with van der Waals surface area (Å²) in [7, 11) is 2.81. The molecule has 0 spiro atoms. The van der Waals surface area contributed by atoms with Crippen LogP contribution in [-0.4, -0.2) is 30.4 Å². The van der Waals surface area contributed by atoms with Crippen LogP contribution in [0.4, 0.5) is 0 Å². The van der Waals surface area contributed by atoms with E-state index in [4.69, 9.17) is 16.3 Å². The summed E-state index contributed by atoms with van der Waals surface area (Å²) in [5.74, 6) is 0.00966. The highest BCUT2D eigenvalue weighted by Gasteiger charge is 2.16. The average Bonchev–Trinajstić information content (AvgIpc) is 2.38. The van der Waals surface area contributed by atoms with Crippen molar-refractivity contribution in [1.82, 2.24) is 10.2 Å². The molecule has 0 radical (unpaired) electrons. The van der Waals surface area contributed by atoms with Gasteiger partial charge in [0, 0.05) is 5.39 Å². The number of esters is 1. The summed E-state index contributed by atoms with van der Waals surface area (Å²) in [6.45, 7) is 0. The quantitative estimate of drug-likeness (QED) is 0.766. The zero-order valence-corrected chi connectivity index (χ0v) is 9.99. The van der Waals surface area contributed by atoms with E-state index in [0.717, 1.165) is 0 Å². The molecule has 0 amide bonds. The summed E-state index contributed by atoms with van der Waals surface area (Å²) in [6.07, 6.45) is 0. The minimum Gasteiger partial charge on any atom is -0.497 e. The van der Waals surface area contributed by atoms with Gasteiger partial charge in [0.2, 0.25) is 0 Å². The Labute approximate surface area is 102 Å². The maximum Gasteiger partial charge on any atom is 0.360 e. The molecular formula is C11H9ClN2O3.